The number of amides is 1. The number of aromatic nitrogens is 4. The topological polar surface area (TPSA) is 64.7 Å². The Bertz CT molecular complexity index is 1180. The Hall–Kier alpha value is -2.84. The van der Waals surface area contributed by atoms with Gasteiger partial charge in [0.15, 0.2) is 5.16 Å². The summed E-state index contributed by atoms with van der Waals surface area (Å²) in [4.78, 5) is 12.5. The number of carbonyl (C=O) groups is 1. The van der Waals surface area contributed by atoms with E-state index in [1.165, 1.54) is 17.3 Å². The monoisotopic (exact) mass is 495 g/mol. The van der Waals surface area contributed by atoms with Crippen molar-refractivity contribution in [3.8, 4) is 5.69 Å². The molecule has 0 bridgehead atoms. The summed E-state index contributed by atoms with van der Waals surface area (Å²) in [5.74, 6) is 0.987. The Morgan fingerprint density at radius 1 is 1.06 bits per heavy atom. The van der Waals surface area contributed by atoms with E-state index in [1.54, 1.807) is 0 Å². The predicted molar refractivity (Wildman–Crippen MR) is 128 cm³/mol. The van der Waals surface area contributed by atoms with Crippen molar-refractivity contribution in [1.29, 1.82) is 0 Å². The van der Waals surface area contributed by atoms with Crippen molar-refractivity contribution in [2.75, 3.05) is 11.1 Å². The molecule has 0 saturated heterocycles. The van der Waals surface area contributed by atoms with E-state index >= 15 is 0 Å². The van der Waals surface area contributed by atoms with Gasteiger partial charge in [-0.1, -0.05) is 45.4 Å². The van der Waals surface area contributed by atoms with E-state index in [0.717, 1.165) is 27.4 Å². The van der Waals surface area contributed by atoms with Crippen LogP contribution < -0.4 is 5.32 Å². The SMILES string of the molecule is Cc1ccc(-n2c(Cc3cccn3C)nnc2SCC(=O)Nc2ccc(Br)cc2)cc1. The standard InChI is InChI=1S/C23H22BrN5OS/c1-16-5-11-19(12-6-16)29-21(14-20-4-3-13-28(20)2)26-27-23(29)31-15-22(30)25-18-9-7-17(24)8-10-18/h3-13H,14-15H2,1-2H3,(H,25,30). The Balaban J connectivity index is 1.55. The van der Waals surface area contributed by atoms with Crippen LogP contribution in [0.3, 0.4) is 0 Å². The van der Waals surface area contributed by atoms with Gasteiger partial charge in [0.25, 0.3) is 0 Å². The Labute approximate surface area is 193 Å². The van der Waals surface area contributed by atoms with Crippen LogP contribution in [0, 0.1) is 6.92 Å². The predicted octanol–water partition coefficient (Wildman–Crippen LogP) is 5.00. The first kappa shape index (κ1) is 21.4. The highest BCUT2D eigenvalue weighted by atomic mass is 79.9. The van der Waals surface area contributed by atoms with Gasteiger partial charge in [0, 0.05) is 41.2 Å². The molecular weight excluding hydrogens is 474 g/mol. The zero-order chi connectivity index (χ0) is 21.8. The molecule has 0 unspecified atom stereocenters. The second-order valence-electron chi connectivity index (χ2n) is 7.20. The first-order chi connectivity index (χ1) is 15.0. The number of thioether (sulfide) groups is 1. The van der Waals surface area contributed by atoms with Crippen molar-refractivity contribution in [3.63, 3.8) is 0 Å². The molecule has 0 spiro atoms. The first-order valence-corrected chi connectivity index (χ1v) is 11.6. The molecule has 4 aromatic rings. The van der Waals surface area contributed by atoms with Gasteiger partial charge in [0.05, 0.1) is 5.75 Å². The van der Waals surface area contributed by atoms with Crippen LogP contribution in [0.2, 0.25) is 0 Å². The second kappa shape index (κ2) is 9.53. The smallest absolute Gasteiger partial charge is 0.234 e. The molecule has 6 nitrogen and oxygen atoms in total. The van der Waals surface area contributed by atoms with Gasteiger partial charge in [-0.2, -0.15) is 0 Å². The fraction of sp³-hybridized carbons (Fsp3) is 0.174. The lowest BCUT2D eigenvalue weighted by Crippen LogP contribution is -2.14. The number of anilines is 1. The number of halogens is 1. The van der Waals surface area contributed by atoms with Gasteiger partial charge >= 0.3 is 0 Å². The van der Waals surface area contributed by atoms with Crippen LogP contribution in [0.5, 0.6) is 0 Å². The molecule has 0 radical (unpaired) electrons. The number of hydrogen-bond acceptors (Lipinski definition) is 4. The normalized spacial score (nSPS) is 10.9. The minimum atomic E-state index is -0.0882. The minimum absolute atomic E-state index is 0.0882. The molecule has 2 aromatic carbocycles. The van der Waals surface area contributed by atoms with Crippen LogP contribution in [0.15, 0.2) is 76.5 Å². The summed E-state index contributed by atoms with van der Waals surface area (Å²) in [7, 11) is 2.02. The molecule has 2 heterocycles. The highest BCUT2D eigenvalue weighted by Crippen LogP contribution is 2.24. The molecule has 8 heteroatoms. The van der Waals surface area contributed by atoms with Gasteiger partial charge in [0.1, 0.15) is 5.82 Å². The van der Waals surface area contributed by atoms with Crippen LogP contribution in [-0.2, 0) is 18.3 Å². The lowest BCUT2D eigenvalue weighted by Gasteiger charge is -2.11. The third-order valence-electron chi connectivity index (χ3n) is 4.84. The second-order valence-corrected chi connectivity index (χ2v) is 9.06. The van der Waals surface area contributed by atoms with Crippen molar-refractivity contribution < 1.29 is 4.79 Å². The largest absolute Gasteiger partial charge is 0.354 e. The number of nitrogens with one attached hydrogen (secondary N) is 1. The van der Waals surface area contributed by atoms with Crippen molar-refractivity contribution in [3.05, 3.63) is 88.4 Å². The first-order valence-electron chi connectivity index (χ1n) is 9.79. The Kier molecular flexibility index (Phi) is 6.58. The van der Waals surface area contributed by atoms with Crippen LogP contribution in [0.25, 0.3) is 5.69 Å². The average Bonchev–Trinajstić information content (AvgIpc) is 3.35. The number of benzene rings is 2. The summed E-state index contributed by atoms with van der Waals surface area (Å²) >= 11 is 4.77. The van der Waals surface area contributed by atoms with Crippen LogP contribution in [-0.4, -0.2) is 31.0 Å². The van der Waals surface area contributed by atoms with E-state index in [9.17, 15) is 4.79 Å². The van der Waals surface area contributed by atoms with Gasteiger partial charge in [-0.25, -0.2) is 0 Å². The van der Waals surface area contributed by atoms with Gasteiger partial charge in [-0.15, -0.1) is 10.2 Å². The molecule has 1 amide bonds. The highest BCUT2D eigenvalue weighted by Gasteiger charge is 2.17. The molecule has 31 heavy (non-hydrogen) atoms. The van der Waals surface area contributed by atoms with E-state index in [1.807, 2.05) is 48.1 Å². The highest BCUT2D eigenvalue weighted by molar-refractivity contribution is 9.10. The summed E-state index contributed by atoms with van der Waals surface area (Å²) in [5, 5.41) is 12.4. The number of hydrogen-bond donors (Lipinski definition) is 1. The Morgan fingerprint density at radius 3 is 2.48 bits per heavy atom. The van der Waals surface area contributed by atoms with Crippen LogP contribution in [0.4, 0.5) is 5.69 Å². The summed E-state index contributed by atoms with van der Waals surface area (Å²) < 4.78 is 5.08. The van der Waals surface area contributed by atoms with Crippen molar-refractivity contribution in [1.82, 2.24) is 19.3 Å². The van der Waals surface area contributed by atoms with Crippen molar-refractivity contribution in [2.24, 2.45) is 7.05 Å². The Morgan fingerprint density at radius 2 is 1.81 bits per heavy atom. The van der Waals surface area contributed by atoms with Crippen LogP contribution >= 0.6 is 27.7 Å². The zero-order valence-electron chi connectivity index (χ0n) is 17.2. The van der Waals surface area contributed by atoms with E-state index in [2.05, 4.69) is 73.3 Å². The molecule has 0 atom stereocenters. The fourth-order valence-corrected chi connectivity index (χ4v) is 4.20. The molecule has 4 rings (SSSR count). The van der Waals surface area contributed by atoms with E-state index < -0.39 is 0 Å². The lowest BCUT2D eigenvalue weighted by atomic mass is 10.2. The molecule has 1 N–H and O–H groups in total. The maximum atomic E-state index is 12.5. The molecular formula is C23H22BrN5OS. The summed E-state index contributed by atoms with van der Waals surface area (Å²) in [6, 6.07) is 19.8. The van der Waals surface area contributed by atoms with Gasteiger partial charge in [-0.3, -0.25) is 9.36 Å². The van der Waals surface area contributed by atoms with E-state index in [4.69, 9.17) is 0 Å². The van der Waals surface area contributed by atoms with Gasteiger partial charge < -0.3 is 9.88 Å². The van der Waals surface area contributed by atoms with Crippen LogP contribution in [0.1, 0.15) is 17.1 Å². The van der Waals surface area contributed by atoms with Crippen molar-refractivity contribution in [2.45, 2.75) is 18.5 Å². The minimum Gasteiger partial charge on any atom is -0.354 e. The molecule has 0 aliphatic rings. The van der Waals surface area contributed by atoms with Gasteiger partial charge in [-0.05, 0) is 55.5 Å². The zero-order valence-corrected chi connectivity index (χ0v) is 19.7. The fourth-order valence-electron chi connectivity index (χ4n) is 3.16. The molecule has 158 valence electrons. The summed E-state index contributed by atoms with van der Waals surface area (Å²) in [5.41, 5.74) is 4.07. The average molecular weight is 496 g/mol. The molecule has 0 fully saturated rings. The number of nitrogens with zero attached hydrogens (tertiary/aromatic N) is 4. The van der Waals surface area contributed by atoms with E-state index in [-0.39, 0.29) is 11.7 Å². The molecule has 0 aliphatic carbocycles. The van der Waals surface area contributed by atoms with Gasteiger partial charge in [0.2, 0.25) is 5.91 Å². The number of aryl methyl sites for hydroxylation is 2. The van der Waals surface area contributed by atoms with Crippen molar-refractivity contribution >= 4 is 39.3 Å². The molecule has 0 saturated carbocycles. The third-order valence-corrected chi connectivity index (χ3v) is 6.30. The quantitative estimate of drug-likeness (QED) is 0.366. The third kappa shape index (κ3) is 5.26. The number of carbonyl (C=O) groups excluding carboxylic acids is 1. The summed E-state index contributed by atoms with van der Waals surface area (Å²) in [6.45, 7) is 2.06. The summed E-state index contributed by atoms with van der Waals surface area (Å²) in [6.07, 6.45) is 2.67. The molecule has 2 aromatic heterocycles. The van der Waals surface area contributed by atoms with E-state index in [0.29, 0.717) is 11.6 Å². The maximum Gasteiger partial charge on any atom is 0.234 e. The number of rotatable bonds is 7. The lowest BCUT2D eigenvalue weighted by molar-refractivity contribution is -0.113. The maximum absolute atomic E-state index is 12.5. The molecule has 0 aliphatic heterocycles.